The zero-order valence-electron chi connectivity index (χ0n) is 13.7. The third-order valence-electron chi connectivity index (χ3n) is 4.76. The van der Waals surface area contributed by atoms with E-state index in [0.717, 1.165) is 45.8 Å². The van der Waals surface area contributed by atoms with Gasteiger partial charge >= 0.3 is 0 Å². The summed E-state index contributed by atoms with van der Waals surface area (Å²) in [7, 11) is 0. The van der Waals surface area contributed by atoms with Crippen molar-refractivity contribution < 1.29 is 9.53 Å². The molecule has 2 aliphatic rings. The van der Waals surface area contributed by atoms with Crippen LogP contribution in [-0.4, -0.2) is 45.3 Å². The van der Waals surface area contributed by atoms with Crippen molar-refractivity contribution in [3.63, 3.8) is 0 Å². The molecule has 2 N–H and O–H groups in total. The Hall–Kier alpha value is -1.59. The second-order valence-electron chi connectivity index (χ2n) is 6.40. The Balaban J connectivity index is 1.50. The van der Waals surface area contributed by atoms with Crippen LogP contribution < -0.4 is 15.5 Å². The Morgan fingerprint density at radius 3 is 2.91 bits per heavy atom. The average molecular weight is 317 g/mol. The van der Waals surface area contributed by atoms with Crippen LogP contribution in [0.3, 0.4) is 0 Å². The third-order valence-corrected chi connectivity index (χ3v) is 4.76. The van der Waals surface area contributed by atoms with Crippen LogP contribution in [0.2, 0.25) is 0 Å². The number of hydrogen-bond acceptors (Lipinski definition) is 4. The van der Waals surface area contributed by atoms with Gasteiger partial charge in [-0.1, -0.05) is 18.2 Å². The lowest BCUT2D eigenvalue weighted by Crippen LogP contribution is -2.37. The van der Waals surface area contributed by atoms with Gasteiger partial charge in [0.15, 0.2) is 0 Å². The summed E-state index contributed by atoms with van der Waals surface area (Å²) < 4.78 is 5.42. The largest absolute Gasteiger partial charge is 0.378 e. The molecule has 2 heterocycles. The minimum Gasteiger partial charge on any atom is -0.378 e. The topological polar surface area (TPSA) is 53.6 Å². The number of amides is 1. The highest BCUT2D eigenvalue weighted by molar-refractivity contribution is 5.76. The van der Waals surface area contributed by atoms with Crippen molar-refractivity contribution in [2.45, 2.75) is 25.8 Å². The second-order valence-corrected chi connectivity index (χ2v) is 6.40. The van der Waals surface area contributed by atoms with Crippen molar-refractivity contribution >= 4 is 11.6 Å². The fourth-order valence-corrected chi connectivity index (χ4v) is 3.35. The SMILES string of the molecule is O=C(CCC1CCNC1)NCc1ccccc1N1CCOCC1. The van der Waals surface area contributed by atoms with Gasteiger partial charge in [0, 0.05) is 31.7 Å². The molecule has 1 aromatic carbocycles. The summed E-state index contributed by atoms with van der Waals surface area (Å²) in [5.74, 6) is 0.829. The summed E-state index contributed by atoms with van der Waals surface area (Å²) in [4.78, 5) is 14.4. The van der Waals surface area contributed by atoms with Crippen LogP contribution in [0.5, 0.6) is 0 Å². The lowest BCUT2D eigenvalue weighted by Gasteiger charge is -2.30. The molecule has 2 aliphatic heterocycles. The van der Waals surface area contributed by atoms with Gasteiger partial charge in [0.2, 0.25) is 5.91 Å². The van der Waals surface area contributed by atoms with Gasteiger partial charge < -0.3 is 20.3 Å². The normalized spacial score (nSPS) is 21.4. The number of para-hydroxylation sites is 1. The highest BCUT2D eigenvalue weighted by atomic mass is 16.5. The average Bonchev–Trinajstić information content (AvgIpc) is 3.13. The van der Waals surface area contributed by atoms with E-state index in [-0.39, 0.29) is 5.91 Å². The zero-order chi connectivity index (χ0) is 15.9. The molecule has 1 unspecified atom stereocenters. The number of morpholine rings is 1. The van der Waals surface area contributed by atoms with Gasteiger partial charge in [-0.25, -0.2) is 0 Å². The van der Waals surface area contributed by atoms with E-state index in [1.807, 2.05) is 6.07 Å². The molecule has 126 valence electrons. The van der Waals surface area contributed by atoms with E-state index in [0.29, 0.717) is 18.9 Å². The number of hydrogen-bond donors (Lipinski definition) is 2. The molecule has 0 spiro atoms. The van der Waals surface area contributed by atoms with Crippen LogP contribution in [0.15, 0.2) is 24.3 Å². The maximum absolute atomic E-state index is 12.1. The monoisotopic (exact) mass is 317 g/mol. The first kappa shape index (κ1) is 16.3. The maximum Gasteiger partial charge on any atom is 0.220 e. The standard InChI is InChI=1S/C18H27N3O2/c22-18(6-5-15-7-8-19-13-15)20-14-16-3-1-2-4-17(16)21-9-11-23-12-10-21/h1-4,15,19H,5-14H2,(H,20,22). The molecule has 23 heavy (non-hydrogen) atoms. The van der Waals surface area contributed by atoms with E-state index in [2.05, 4.69) is 33.7 Å². The molecule has 2 saturated heterocycles. The molecule has 1 aromatic rings. The van der Waals surface area contributed by atoms with Crippen molar-refractivity contribution in [1.82, 2.24) is 10.6 Å². The van der Waals surface area contributed by atoms with Crippen LogP contribution in [0.4, 0.5) is 5.69 Å². The molecule has 1 atom stereocenters. The van der Waals surface area contributed by atoms with E-state index in [1.54, 1.807) is 0 Å². The quantitative estimate of drug-likeness (QED) is 0.835. The van der Waals surface area contributed by atoms with Crippen LogP contribution in [0.25, 0.3) is 0 Å². The van der Waals surface area contributed by atoms with Crippen LogP contribution in [0, 0.1) is 5.92 Å². The lowest BCUT2D eigenvalue weighted by atomic mass is 10.0. The highest BCUT2D eigenvalue weighted by Gasteiger charge is 2.17. The smallest absolute Gasteiger partial charge is 0.220 e. The molecule has 0 aliphatic carbocycles. The molecule has 2 fully saturated rings. The highest BCUT2D eigenvalue weighted by Crippen LogP contribution is 2.21. The number of rotatable bonds is 6. The first-order valence-corrected chi connectivity index (χ1v) is 8.71. The Kier molecular flexibility index (Phi) is 5.88. The summed E-state index contributed by atoms with van der Waals surface area (Å²) in [6.07, 6.45) is 2.82. The van der Waals surface area contributed by atoms with Gasteiger partial charge in [0.1, 0.15) is 0 Å². The van der Waals surface area contributed by atoms with E-state index in [4.69, 9.17) is 4.74 Å². The van der Waals surface area contributed by atoms with Gasteiger partial charge in [-0.05, 0) is 43.5 Å². The summed E-state index contributed by atoms with van der Waals surface area (Å²) >= 11 is 0. The Morgan fingerprint density at radius 1 is 1.30 bits per heavy atom. The van der Waals surface area contributed by atoms with Crippen LogP contribution >= 0.6 is 0 Å². The number of anilines is 1. The molecular weight excluding hydrogens is 290 g/mol. The van der Waals surface area contributed by atoms with Crippen LogP contribution in [-0.2, 0) is 16.1 Å². The Labute approximate surface area is 138 Å². The Bertz CT molecular complexity index is 509. The fraction of sp³-hybridized carbons (Fsp3) is 0.611. The van der Waals surface area contributed by atoms with E-state index in [1.165, 1.54) is 17.7 Å². The summed E-state index contributed by atoms with van der Waals surface area (Å²) in [6.45, 7) is 6.15. The molecule has 0 saturated carbocycles. The van der Waals surface area contributed by atoms with Crippen molar-refractivity contribution in [1.29, 1.82) is 0 Å². The number of carbonyl (C=O) groups excluding carboxylic acids is 1. The summed E-state index contributed by atoms with van der Waals surface area (Å²) in [6, 6.07) is 8.34. The molecule has 0 aromatic heterocycles. The van der Waals surface area contributed by atoms with Crippen molar-refractivity contribution in [3.8, 4) is 0 Å². The molecule has 0 bridgehead atoms. The van der Waals surface area contributed by atoms with Crippen LogP contribution in [0.1, 0.15) is 24.8 Å². The number of nitrogens with one attached hydrogen (secondary N) is 2. The van der Waals surface area contributed by atoms with Crippen molar-refractivity contribution in [3.05, 3.63) is 29.8 Å². The molecular formula is C18H27N3O2. The molecule has 0 radical (unpaired) electrons. The maximum atomic E-state index is 12.1. The number of nitrogens with zero attached hydrogens (tertiary/aromatic N) is 1. The van der Waals surface area contributed by atoms with Crippen molar-refractivity contribution in [2.24, 2.45) is 5.92 Å². The van der Waals surface area contributed by atoms with E-state index in [9.17, 15) is 4.79 Å². The predicted octanol–water partition coefficient (Wildman–Crippen LogP) is 1.53. The van der Waals surface area contributed by atoms with Crippen molar-refractivity contribution in [2.75, 3.05) is 44.3 Å². The second kappa shape index (κ2) is 8.31. The van der Waals surface area contributed by atoms with Gasteiger partial charge in [-0.15, -0.1) is 0 Å². The molecule has 5 heteroatoms. The molecule has 3 rings (SSSR count). The summed E-state index contributed by atoms with van der Waals surface area (Å²) in [5.41, 5.74) is 2.40. The lowest BCUT2D eigenvalue weighted by molar-refractivity contribution is -0.121. The van der Waals surface area contributed by atoms with E-state index >= 15 is 0 Å². The first-order chi connectivity index (χ1) is 11.3. The molecule has 1 amide bonds. The third kappa shape index (κ3) is 4.69. The number of ether oxygens (including phenoxy) is 1. The van der Waals surface area contributed by atoms with Gasteiger partial charge in [0.05, 0.1) is 13.2 Å². The minimum atomic E-state index is 0.161. The van der Waals surface area contributed by atoms with E-state index < -0.39 is 0 Å². The first-order valence-electron chi connectivity index (χ1n) is 8.71. The minimum absolute atomic E-state index is 0.161. The fourth-order valence-electron chi connectivity index (χ4n) is 3.35. The molecule has 5 nitrogen and oxygen atoms in total. The van der Waals surface area contributed by atoms with Gasteiger partial charge in [0.25, 0.3) is 0 Å². The summed E-state index contributed by atoms with van der Waals surface area (Å²) in [5, 5.41) is 6.44. The Morgan fingerprint density at radius 2 is 2.13 bits per heavy atom. The number of benzene rings is 1. The zero-order valence-corrected chi connectivity index (χ0v) is 13.7. The van der Waals surface area contributed by atoms with Gasteiger partial charge in [-0.3, -0.25) is 4.79 Å². The predicted molar refractivity (Wildman–Crippen MR) is 91.5 cm³/mol. The number of carbonyl (C=O) groups is 1. The van der Waals surface area contributed by atoms with Gasteiger partial charge in [-0.2, -0.15) is 0 Å².